The minimum atomic E-state index is -0.803. The first-order chi connectivity index (χ1) is 9.60. The van der Waals surface area contributed by atoms with Crippen molar-refractivity contribution >= 4 is 0 Å². The summed E-state index contributed by atoms with van der Waals surface area (Å²) in [4.78, 5) is 4.28. The van der Waals surface area contributed by atoms with E-state index in [1.54, 1.807) is 12.3 Å². The zero-order valence-electron chi connectivity index (χ0n) is 11.7. The average Bonchev–Trinajstić information content (AvgIpc) is 2.84. The lowest BCUT2D eigenvalue weighted by Crippen LogP contribution is -2.28. The summed E-state index contributed by atoms with van der Waals surface area (Å²) in [6.45, 7) is 0. The molecular formula is C15H19F2N3. The predicted molar refractivity (Wildman–Crippen MR) is 74.4 cm³/mol. The van der Waals surface area contributed by atoms with Crippen LogP contribution in [-0.2, 0) is 19.9 Å². The highest BCUT2D eigenvalue weighted by Crippen LogP contribution is 2.13. The highest BCUT2D eigenvalue weighted by Gasteiger charge is 2.11. The van der Waals surface area contributed by atoms with Gasteiger partial charge in [-0.1, -0.05) is 6.07 Å². The summed E-state index contributed by atoms with van der Waals surface area (Å²) in [5, 5.41) is 3.21. The number of imidazole rings is 1. The van der Waals surface area contributed by atoms with Crippen molar-refractivity contribution in [3.05, 3.63) is 53.6 Å². The van der Waals surface area contributed by atoms with Gasteiger partial charge < -0.3 is 9.88 Å². The predicted octanol–water partition coefficient (Wildman–Crippen LogP) is 2.46. The molecule has 0 bridgehead atoms. The van der Waals surface area contributed by atoms with Gasteiger partial charge in [-0.05, 0) is 37.6 Å². The summed E-state index contributed by atoms with van der Waals surface area (Å²) >= 11 is 0. The zero-order chi connectivity index (χ0) is 14.5. The lowest BCUT2D eigenvalue weighted by Gasteiger charge is -2.16. The molecule has 0 saturated carbocycles. The second kappa shape index (κ2) is 6.61. The van der Waals surface area contributed by atoms with Crippen LogP contribution in [-0.4, -0.2) is 22.6 Å². The first-order valence-electron chi connectivity index (χ1n) is 6.67. The molecule has 0 amide bonds. The van der Waals surface area contributed by atoms with Gasteiger partial charge in [0.05, 0.1) is 0 Å². The van der Waals surface area contributed by atoms with E-state index in [9.17, 15) is 8.78 Å². The molecule has 20 heavy (non-hydrogen) atoms. The fraction of sp³-hybridized carbons (Fsp3) is 0.400. The Labute approximate surface area is 117 Å². The molecule has 1 N–H and O–H groups in total. The summed E-state index contributed by atoms with van der Waals surface area (Å²) in [5.41, 5.74) is 0.795. The third-order valence-corrected chi connectivity index (χ3v) is 3.51. The van der Waals surface area contributed by atoms with E-state index in [-0.39, 0.29) is 6.04 Å². The van der Waals surface area contributed by atoms with E-state index in [1.165, 1.54) is 12.1 Å². The molecule has 2 aromatic rings. The second-order valence-corrected chi connectivity index (χ2v) is 4.93. The van der Waals surface area contributed by atoms with E-state index in [0.717, 1.165) is 24.2 Å². The third kappa shape index (κ3) is 3.63. The van der Waals surface area contributed by atoms with Crippen LogP contribution in [0.3, 0.4) is 0 Å². The van der Waals surface area contributed by atoms with Crippen LogP contribution < -0.4 is 5.32 Å². The monoisotopic (exact) mass is 279 g/mol. The van der Waals surface area contributed by atoms with Crippen LogP contribution in [0, 0.1) is 11.6 Å². The van der Waals surface area contributed by atoms with Gasteiger partial charge in [-0.25, -0.2) is 13.8 Å². The van der Waals surface area contributed by atoms with Gasteiger partial charge in [0.25, 0.3) is 0 Å². The van der Waals surface area contributed by atoms with E-state index in [0.29, 0.717) is 6.42 Å². The molecule has 1 aromatic carbocycles. The van der Waals surface area contributed by atoms with Crippen molar-refractivity contribution in [1.29, 1.82) is 0 Å². The van der Waals surface area contributed by atoms with Crippen LogP contribution in [0.1, 0.15) is 17.8 Å². The van der Waals surface area contributed by atoms with Gasteiger partial charge in [0.1, 0.15) is 5.82 Å². The van der Waals surface area contributed by atoms with Gasteiger partial charge in [0, 0.05) is 31.9 Å². The Bertz CT molecular complexity index is 566. The molecule has 0 aliphatic carbocycles. The molecule has 5 heteroatoms. The Morgan fingerprint density at radius 3 is 2.70 bits per heavy atom. The maximum atomic E-state index is 13.2. The van der Waals surface area contributed by atoms with Crippen LogP contribution in [0.25, 0.3) is 0 Å². The quantitative estimate of drug-likeness (QED) is 0.880. The van der Waals surface area contributed by atoms with Gasteiger partial charge in [0.15, 0.2) is 11.6 Å². The van der Waals surface area contributed by atoms with Crippen LogP contribution >= 0.6 is 0 Å². The molecule has 3 nitrogen and oxygen atoms in total. The molecule has 1 unspecified atom stereocenters. The Balaban J connectivity index is 1.95. The number of aryl methyl sites for hydroxylation is 2. The largest absolute Gasteiger partial charge is 0.338 e. The topological polar surface area (TPSA) is 29.9 Å². The number of nitrogens with one attached hydrogen (secondary N) is 1. The lowest BCUT2D eigenvalue weighted by molar-refractivity contribution is 0.494. The van der Waals surface area contributed by atoms with Crippen molar-refractivity contribution in [1.82, 2.24) is 14.9 Å². The first-order valence-corrected chi connectivity index (χ1v) is 6.67. The SMILES string of the molecule is CNC(CCc1nccn1C)Cc1ccc(F)c(F)c1. The van der Waals surface area contributed by atoms with E-state index in [4.69, 9.17) is 0 Å². The number of rotatable bonds is 6. The standard InChI is InChI=1S/C15H19F2N3/c1-18-12(4-6-15-19-7-8-20(15)2)9-11-3-5-13(16)14(17)10-11/h3,5,7-8,10,12,18H,4,6,9H2,1-2H3. The molecular weight excluding hydrogens is 260 g/mol. The molecule has 1 atom stereocenters. The Morgan fingerprint density at radius 2 is 2.10 bits per heavy atom. The summed E-state index contributed by atoms with van der Waals surface area (Å²) < 4.78 is 28.1. The lowest BCUT2D eigenvalue weighted by atomic mass is 10.0. The van der Waals surface area contributed by atoms with Crippen molar-refractivity contribution in [3.63, 3.8) is 0 Å². The Morgan fingerprint density at radius 1 is 1.30 bits per heavy atom. The van der Waals surface area contributed by atoms with E-state index >= 15 is 0 Å². The zero-order valence-corrected chi connectivity index (χ0v) is 11.7. The molecule has 1 aromatic heterocycles. The second-order valence-electron chi connectivity index (χ2n) is 4.93. The van der Waals surface area contributed by atoms with E-state index in [2.05, 4.69) is 10.3 Å². The van der Waals surface area contributed by atoms with Gasteiger partial charge in [0.2, 0.25) is 0 Å². The maximum absolute atomic E-state index is 13.2. The number of likely N-dealkylation sites (N-methyl/N-ethyl adjacent to an activating group) is 1. The van der Waals surface area contributed by atoms with E-state index < -0.39 is 11.6 Å². The normalized spacial score (nSPS) is 12.6. The van der Waals surface area contributed by atoms with Gasteiger partial charge in [-0.15, -0.1) is 0 Å². The smallest absolute Gasteiger partial charge is 0.159 e. The summed E-state index contributed by atoms with van der Waals surface area (Å²) in [7, 11) is 3.84. The fourth-order valence-electron chi connectivity index (χ4n) is 2.24. The third-order valence-electron chi connectivity index (χ3n) is 3.51. The van der Waals surface area contributed by atoms with Crippen molar-refractivity contribution in [2.75, 3.05) is 7.05 Å². The fourth-order valence-corrected chi connectivity index (χ4v) is 2.24. The van der Waals surface area contributed by atoms with Crippen molar-refractivity contribution in [2.24, 2.45) is 7.05 Å². The van der Waals surface area contributed by atoms with Gasteiger partial charge >= 0.3 is 0 Å². The van der Waals surface area contributed by atoms with Crippen LogP contribution in [0.2, 0.25) is 0 Å². The van der Waals surface area contributed by atoms with Crippen molar-refractivity contribution < 1.29 is 8.78 Å². The van der Waals surface area contributed by atoms with Crippen LogP contribution in [0.15, 0.2) is 30.6 Å². The molecule has 108 valence electrons. The minimum Gasteiger partial charge on any atom is -0.338 e. The summed E-state index contributed by atoms with van der Waals surface area (Å²) in [5.74, 6) is -0.570. The molecule has 0 aliphatic heterocycles. The van der Waals surface area contributed by atoms with Gasteiger partial charge in [-0.3, -0.25) is 0 Å². The van der Waals surface area contributed by atoms with Crippen molar-refractivity contribution in [2.45, 2.75) is 25.3 Å². The highest BCUT2D eigenvalue weighted by molar-refractivity contribution is 5.18. The highest BCUT2D eigenvalue weighted by atomic mass is 19.2. The molecule has 0 aliphatic rings. The first kappa shape index (κ1) is 14.7. The van der Waals surface area contributed by atoms with Crippen molar-refractivity contribution in [3.8, 4) is 0 Å². The van der Waals surface area contributed by atoms with Crippen LogP contribution in [0.5, 0.6) is 0 Å². The molecule has 1 heterocycles. The Kier molecular flexibility index (Phi) is 4.84. The molecule has 0 fully saturated rings. The summed E-state index contributed by atoms with van der Waals surface area (Å²) in [6.07, 6.45) is 6.09. The van der Waals surface area contributed by atoms with E-state index in [1.807, 2.05) is 24.9 Å². The molecule has 2 rings (SSSR count). The number of hydrogen-bond donors (Lipinski definition) is 1. The number of aromatic nitrogens is 2. The van der Waals surface area contributed by atoms with Gasteiger partial charge in [-0.2, -0.15) is 0 Å². The van der Waals surface area contributed by atoms with Crippen LogP contribution in [0.4, 0.5) is 8.78 Å². The number of nitrogens with zero attached hydrogens (tertiary/aromatic N) is 2. The minimum absolute atomic E-state index is 0.205. The number of hydrogen-bond acceptors (Lipinski definition) is 2. The molecule has 0 radical (unpaired) electrons. The average molecular weight is 279 g/mol. The summed E-state index contributed by atoms with van der Waals surface area (Å²) in [6, 6.07) is 4.27. The molecule has 0 spiro atoms. The number of benzene rings is 1. The number of halogens is 2. The molecule has 0 saturated heterocycles. The maximum Gasteiger partial charge on any atom is 0.159 e. The Hall–Kier alpha value is -1.75.